The normalized spacial score (nSPS) is 17.0. The van der Waals surface area contributed by atoms with Crippen molar-refractivity contribution in [3.63, 3.8) is 0 Å². The quantitative estimate of drug-likeness (QED) is 0.856. The Kier molecular flexibility index (Phi) is 4.69. The summed E-state index contributed by atoms with van der Waals surface area (Å²) >= 11 is 0. The van der Waals surface area contributed by atoms with E-state index in [1.54, 1.807) is 37.4 Å². The number of likely N-dealkylation sites (tertiary alicyclic amines) is 1. The molecule has 0 saturated carbocycles. The molecule has 1 aliphatic rings. The number of rotatable bonds is 4. The third kappa shape index (κ3) is 2.94. The van der Waals surface area contributed by atoms with Gasteiger partial charge in [0.25, 0.3) is 5.91 Å². The number of carbonyl (C=O) groups is 1. The molecule has 1 aliphatic heterocycles. The second kappa shape index (κ2) is 6.91. The second-order valence-electron chi connectivity index (χ2n) is 5.75. The minimum atomic E-state index is -0.274. The number of ether oxygens (including phenoxy) is 2. The molecule has 3 rings (SSSR count). The van der Waals surface area contributed by atoms with E-state index in [0.717, 1.165) is 18.4 Å². The van der Waals surface area contributed by atoms with Crippen LogP contribution in [0.1, 0.15) is 34.8 Å². The molecule has 0 spiro atoms. The smallest absolute Gasteiger partial charge is 0.258 e. The summed E-state index contributed by atoms with van der Waals surface area (Å²) in [4.78, 5) is 14.9. The molecular formula is C19H20FNO3. The molecule has 0 aromatic heterocycles. The van der Waals surface area contributed by atoms with Gasteiger partial charge in [0.1, 0.15) is 5.82 Å². The van der Waals surface area contributed by atoms with E-state index < -0.39 is 0 Å². The first-order chi connectivity index (χ1) is 11.7. The highest BCUT2D eigenvalue weighted by molar-refractivity contribution is 5.98. The molecule has 1 saturated heterocycles. The van der Waals surface area contributed by atoms with Crippen LogP contribution in [0.4, 0.5) is 4.39 Å². The summed E-state index contributed by atoms with van der Waals surface area (Å²) in [5.41, 5.74) is 1.43. The van der Waals surface area contributed by atoms with Crippen molar-refractivity contribution < 1.29 is 18.7 Å². The van der Waals surface area contributed by atoms with Crippen LogP contribution in [0.15, 0.2) is 42.5 Å². The average molecular weight is 329 g/mol. The number of halogens is 1. The molecular weight excluding hydrogens is 309 g/mol. The van der Waals surface area contributed by atoms with Crippen molar-refractivity contribution in [2.45, 2.75) is 18.9 Å². The SMILES string of the molecule is COc1cccc(C(=O)N2CCCC2c2ccc(F)cc2)c1OC. The summed E-state index contributed by atoms with van der Waals surface area (Å²) in [6, 6.07) is 11.6. The van der Waals surface area contributed by atoms with Gasteiger partial charge in [0, 0.05) is 6.54 Å². The number of para-hydroxylation sites is 1. The number of hydrogen-bond acceptors (Lipinski definition) is 3. The fourth-order valence-corrected chi connectivity index (χ4v) is 3.25. The van der Waals surface area contributed by atoms with E-state index in [9.17, 15) is 9.18 Å². The molecule has 126 valence electrons. The first kappa shape index (κ1) is 16.3. The van der Waals surface area contributed by atoms with Gasteiger partial charge in [-0.05, 0) is 42.7 Å². The van der Waals surface area contributed by atoms with Crippen LogP contribution in [0.3, 0.4) is 0 Å². The van der Waals surface area contributed by atoms with Crippen molar-refractivity contribution in [3.05, 3.63) is 59.4 Å². The van der Waals surface area contributed by atoms with Gasteiger partial charge in [0.2, 0.25) is 0 Å². The van der Waals surface area contributed by atoms with Crippen LogP contribution in [-0.2, 0) is 0 Å². The van der Waals surface area contributed by atoms with E-state index in [4.69, 9.17) is 9.47 Å². The lowest BCUT2D eigenvalue weighted by molar-refractivity contribution is 0.0731. The van der Waals surface area contributed by atoms with Gasteiger partial charge in [-0.2, -0.15) is 0 Å². The minimum Gasteiger partial charge on any atom is -0.493 e. The largest absolute Gasteiger partial charge is 0.493 e. The minimum absolute atomic E-state index is 0.0472. The fourth-order valence-electron chi connectivity index (χ4n) is 3.25. The highest BCUT2D eigenvalue weighted by Crippen LogP contribution is 2.37. The first-order valence-electron chi connectivity index (χ1n) is 7.93. The van der Waals surface area contributed by atoms with Crippen molar-refractivity contribution in [2.24, 2.45) is 0 Å². The monoisotopic (exact) mass is 329 g/mol. The van der Waals surface area contributed by atoms with Crippen molar-refractivity contribution >= 4 is 5.91 Å². The molecule has 1 heterocycles. The number of carbonyl (C=O) groups excluding carboxylic acids is 1. The van der Waals surface area contributed by atoms with Gasteiger partial charge in [-0.1, -0.05) is 18.2 Å². The Bertz CT molecular complexity index is 730. The summed E-state index contributed by atoms with van der Waals surface area (Å²) in [6.45, 7) is 0.668. The topological polar surface area (TPSA) is 38.8 Å². The van der Waals surface area contributed by atoms with Crippen LogP contribution in [0, 0.1) is 5.82 Å². The van der Waals surface area contributed by atoms with Crippen LogP contribution in [-0.4, -0.2) is 31.6 Å². The lowest BCUT2D eigenvalue weighted by Crippen LogP contribution is -2.30. The Morgan fingerprint density at radius 3 is 2.54 bits per heavy atom. The maximum absolute atomic E-state index is 13.2. The number of amides is 1. The maximum atomic E-state index is 13.2. The molecule has 1 amide bonds. The van der Waals surface area contributed by atoms with Crippen LogP contribution in [0.5, 0.6) is 11.5 Å². The van der Waals surface area contributed by atoms with Crippen LogP contribution in [0.25, 0.3) is 0 Å². The number of nitrogens with zero attached hydrogens (tertiary/aromatic N) is 1. The van der Waals surface area contributed by atoms with E-state index >= 15 is 0 Å². The summed E-state index contributed by atoms with van der Waals surface area (Å²) in [5.74, 6) is 0.595. The van der Waals surface area contributed by atoms with Crippen molar-refractivity contribution in [1.82, 2.24) is 4.90 Å². The molecule has 1 unspecified atom stereocenters. The predicted octanol–water partition coefficient (Wildman–Crippen LogP) is 3.82. The van der Waals surface area contributed by atoms with Crippen LogP contribution in [0.2, 0.25) is 0 Å². The van der Waals surface area contributed by atoms with Crippen molar-refractivity contribution in [2.75, 3.05) is 20.8 Å². The molecule has 0 N–H and O–H groups in total. The fraction of sp³-hybridized carbons (Fsp3) is 0.316. The molecule has 1 fully saturated rings. The maximum Gasteiger partial charge on any atom is 0.258 e. The Hall–Kier alpha value is -2.56. The third-order valence-electron chi connectivity index (χ3n) is 4.40. The predicted molar refractivity (Wildman–Crippen MR) is 89.0 cm³/mol. The van der Waals surface area contributed by atoms with Crippen molar-refractivity contribution in [3.8, 4) is 11.5 Å². The van der Waals surface area contributed by atoms with Gasteiger partial charge in [0.15, 0.2) is 11.5 Å². The zero-order chi connectivity index (χ0) is 17.1. The lowest BCUT2D eigenvalue weighted by Gasteiger charge is -2.26. The first-order valence-corrected chi connectivity index (χ1v) is 7.93. The van der Waals surface area contributed by atoms with Gasteiger partial charge in [0.05, 0.1) is 25.8 Å². The van der Waals surface area contributed by atoms with Gasteiger partial charge >= 0.3 is 0 Å². The van der Waals surface area contributed by atoms with Gasteiger partial charge in [-0.3, -0.25) is 4.79 Å². The van der Waals surface area contributed by atoms with E-state index in [0.29, 0.717) is 23.6 Å². The zero-order valence-electron chi connectivity index (χ0n) is 13.8. The standard InChI is InChI=1S/C19H20FNO3/c1-23-17-7-3-5-15(18(17)24-2)19(22)21-12-4-6-16(21)13-8-10-14(20)11-9-13/h3,5,7-11,16H,4,6,12H2,1-2H3. The molecule has 0 radical (unpaired) electrons. The summed E-state index contributed by atoms with van der Waals surface area (Å²) < 4.78 is 23.8. The molecule has 0 aliphatic carbocycles. The van der Waals surface area contributed by atoms with E-state index in [1.165, 1.54) is 19.2 Å². The average Bonchev–Trinajstić information content (AvgIpc) is 3.10. The molecule has 24 heavy (non-hydrogen) atoms. The number of benzene rings is 2. The molecule has 1 atom stereocenters. The molecule has 5 heteroatoms. The van der Waals surface area contributed by atoms with E-state index in [1.807, 2.05) is 4.90 Å². The lowest BCUT2D eigenvalue weighted by atomic mass is 10.0. The van der Waals surface area contributed by atoms with Gasteiger partial charge in [-0.15, -0.1) is 0 Å². The summed E-state index contributed by atoms with van der Waals surface area (Å²) in [6.07, 6.45) is 1.78. The second-order valence-corrected chi connectivity index (χ2v) is 5.75. The molecule has 2 aromatic carbocycles. The molecule has 0 bridgehead atoms. The summed E-state index contributed by atoms with van der Waals surface area (Å²) in [5, 5.41) is 0. The highest BCUT2D eigenvalue weighted by Gasteiger charge is 2.32. The Labute approximate surface area is 140 Å². The highest BCUT2D eigenvalue weighted by atomic mass is 19.1. The Morgan fingerprint density at radius 2 is 1.88 bits per heavy atom. The van der Waals surface area contributed by atoms with Gasteiger partial charge in [-0.25, -0.2) is 4.39 Å². The third-order valence-corrected chi connectivity index (χ3v) is 4.40. The number of hydrogen-bond donors (Lipinski definition) is 0. The molecule has 4 nitrogen and oxygen atoms in total. The van der Waals surface area contributed by atoms with Crippen LogP contribution >= 0.6 is 0 Å². The van der Waals surface area contributed by atoms with Gasteiger partial charge < -0.3 is 14.4 Å². The van der Waals surface area contributed by atoms with E-state index in [-0.39, 0.29) is 17.8 Å². The molecule has 2 aromatic rings. The van der Waals surface area contributed by atoms with Crippen LogP contribution < -0.4 is 9.47 Å². The summed E-state index contributed by atoms with van der Waals surface area (Å²) in [7, 11) is 3.07. The zero-order valence-corrected chi connectivity index (χ0v) is 13.8. The number of methoxy groups -OCH3 is 2. The van der Waals surface area contributed by atoms with Crippen molar-refractivity contribution in [1.29, 1.82) is 0 Å². The van der Waals surface area contributed by atoms with E-state index in [2.05, 4.69) is 0 Å². The Balaban J connectivity index is 1.93. The Morgan fingerprint density at radius 1 is 1.12 bits per heavy atom.